The van der Waals surface area contributed by atoms with Gasteiger partial charge in [-0.05, 0) is 37.0 Å². The minimum Gasteiger partial charge on any atom is -0.373 e. The predicted molar refractivity (Wildman–Crippen MR) is 103 cm³/mol. The van der Waals surface area contributed by atoms with Crippen LogP contribution < -0.4 is 15.8 Å². The Labute approximate surface area is 159 Å². The van der Waals surface area contributed by atoms with Crippen LogP contribution in [0, 0.1) is 0 Å². The summed E-state index contributed by atoms with van der Waals surface area (Å²) in [5.41, 5.74) is 0.823. The first-order chi connectivity index (χ1) is 11.0. The number of hydrogen-bond acceptors (Lipinski definition) is 4. The van der Waals surface area contributed by atoms with E-state index in [0.717, 1.165) is 24.8 Å². The van der Waals surface area contributed by atoms with Gasteiger partial charge in [0.2, 0.25) is 10.0 Å². The molecule has 0 aromatic heterocycles. The van der Waals surface area contributed by atoms with E-state index in [4.69, 9.17) is 9.88 Å². The van der Waals surface area contributed by atoms with E-state index in [1.54, 1.807) is 19.2 Å². The van der Waals surface area contributed by atoms with E-state index in [2.05, 4.69) is 15.6 Å². The number of guanidine groups is 1. The number of benzene rings is 1. The third-order valence-electron chi connectivity index (χ3n) is 4.34. The molecule has 1 aromatic rings. The van der Waals surface area contributed by atoms with Crippen molar-refractivity contribution in [3.63, 3.8) is 0 Å². The SMILES string of the molecule is CN=C(NCc1cccc(S(N)(=O)=O)c1)NC1CC2CCC1O2.I. The zero-order valence-corrected chi connectivity index (χ0v) is 16.6. The Morgan fingerprint density at radius 1 is 1.42 bits per heavy atom. The Bertz CT molecular complexity index is 710. The van der Waals surface area contributed by atoms with Crippen LogP contribution in [-0.2, 0) is 21.3 Å². The summed E-state index contributed by atoms with van der Waals surface area (Å²) in [6.45, 7) is 0.463. The highest BCUT2D eigenvalue weighted by Crippen LogP contribution is 2.34. The molecule has 2 fully saturated rings. The number of fused-ring (bicyclic) bond motifs is 2. The van der Waals surface area contributed by atoms with Crippen molar-refractivity contribution in [2.75, 3.05) is 7.05 Å². The summed E-state index contributed by atoms with van der Waals surface area (Å²) in [5.74, 6) is 0.687. The largest absolute Gasteiger partial charge is 0.373 e. The third kappa shape index (κ3) is 4.58. The van der Waals surface area contributed by atoms with Gasteiger partial charge in [0.05, 0.1) is 23.1 Å². The van der Waals surface area contributed by atoms with Crippen molar-refractivity contribution in [3.05, 3.63) is 29.8 Å². The van der Waals surface area contributed by atoms with E-state index >= 15 is 0 Å². The summed E-state index contributed by atoms with van der Waals surface area (Å²) in [6, 6.07) is 6.86. The first-order valence-electron chi connectivity index (χ1n) is 7.70. The Morgan fingerprint density at radius 2 is 2.21 bits per heavy atom. The van der Waals surface area contributed by atoms with Crippen LogP contribution in [-0.4, -0.2) is 39.7 Å². The average molecular weight is 466 g/mol. The van der Waals surface area contributed by atoms with Crippen LogP contribution in [0.2, 0.25) is 0 Å². The molecule has 2 aliphatic heterocycles. The van der Waals surface area contributed by atoms with Gasteiger partial charge in [-0.3, -0.25) is 4.99 Å². The number of primary sulfonamides is 1. The van der Waals surface area contributed by atoms with E-state index in [1.807, 2.05) is 6.07 Å². The molecule has 1 aromatic carbocycles. The van der Waals surface area contributed by atoms with E-state index < -0.39 is 10.0 Å². The molecule has 0 aliphatic carbocycles. The zero-order valence-electron chi connectivity index (χ0n) is 13.4. The highest BCUT2D eigenvalue weighted by atomic mass is 127. The van der Waals surface area contributed by atoms with Crippen LogP contribution in [0.1, 0.15) is 24.8 Å². The summed E-state index contributed by atoms with van der Waals surface area (Å²) >= 11 is 0. The fourth-order valence-electron chi connectivity index (χ4n) is 3.18. The van der Waals surface area contributed by atoms with Crippen molar-refractivity contribution in [1.29, 1.82) is 0 Å². The van der Waals surface area contributed by atoms with E-state index in [0.29, 0.717) is 18.6 Å². The fraction of sp³-hybridized carbons (Fsp3) is 0.533. The molecule has 7 nitrogen and oxygen atoms in total. The first-order valence-corrected chi connectivity index (χ1v) is 9.25. The zero-order chi connectivity index (χ0) is 16.4. The molecule has 2 saturated heterocycles. The third-order valence-corrected chi connectivity index (χ3v) is 5.25. The fourth-order valence-corrected chi connectivity index (χ4v) is 3.76. The number of ether oxygens (including phenoxy) is 1. The molecule has 24 heavy (non-hydrogen) atoms. The lowest BCUT2D eigenvalue weighted by atomic mass is 9.96. The molecule has 4 N–H and O–H groups in total. The smallest absolute Gasteiger partial charge is 0.238 e. The maximum absolute atomic E-state index is 11.4. The van der Waals surface area contributed by atoms with Gasteiger partial charge in [-0.15, -0.1) is 24.0 Å². The number of hydrogen-bond donors (Lipinski definition) is 3. The van der Waals surface area contributed by atoms with Crippen LogP contribution in [0.5, 0.6) is 0 Å². The molecule has 0 amide bonds. The maximum atomic E-state index is 11.4. The van der Waals surface area contributed by atoms with Gasteiger partial charge in [-0.25, -0.2) is 13.6 Å². The Hall–Kier alpha value is -0.910. The highest BCUT2D eigenvalue weighted by Gasteiger charge is 2.41. The lowest BCUT2D eigenvalue weighted by Gasteiger charge is -2.22. The van der Waals surface area contributed by atoms with E-state index in [1.165, 1.54) is 6.07 Å². The van der Waals surface area contributed by atoms with Crippen molar-refractivity contribution in [3.8, 4) is 0 Å². The summed E-state index contributed by atoms with van der Waals surface area (Å²) < 4.78 is 28.6. The second kappa shape index (κ2) is 7.98. The van der Waals surface area contributed by atoms with Crippen LogP contribution in [0.15, 0.2) is 34.2 Å². The molecule has 3 unspecified atom stereocenters. The summed E-state index contributed by atoms with van der Waals surface area (Å²) in [6.07, 6.45) is 3.89. The molecule has 9 heteroatoms. The molecule has 3 atom stereocenters. The van der Waals surface area contributed by atoms with Gasteiger partial charge in [0.15, 0.2) is 5.96 Å². The summed E-state index contributed by atoms with van der Waals surface area (Å²) in [5, 5.41) is 11.7. The van der Waals surface area contributed by atoms with Crippen molar-refractivity contribution in [2.45, 2.75) is 49.0 Å². The van der Waals surface area contributed by atoms with Gasteiger partial charge in [0.1, 0.15) is 0 Å². The first kappa shape index (κ1) is 19.4. The molecule has 2 aliphatic rings. The van der Waals surface area contributed by atoms with Crippen molar-refractivity contribution < 1.29 is 13.2 Å². The van der Waals surface area contributed by atoms with Crippen LogP contribution in [0.4, 0.5) is 0 Å². The van der Waals surface area contributed by atoms with Crippen LogP contribution >= 0.6 is 24.0 Å². The molecular weight excluding hydrogens is 443 g/mol. The van der Waals surface area contributed by atoms with Gasteiger partial charge >= 0.3 is 0 Å². The topological polar surface area (TPSA) is 106 Å². The molecule has 0 spiro atoms. The number of nitrogens with one attached hydrogen (secondary N) is 2. The number of halogens is 1. The summed E-state index contributed by atoms with van der Waals surface area (Å²) in [4.78, 5) is 4.33. The van der Waals surface area contributed by atoms with Gasteiger partial charge < -0.3 is 15.4 Å². The second-order valence-corrected chi connectivity index (χ2v) is 7.54. The Morgan fingerprint density at radius 3 is 2.79 bits per heavy atom. The predicted octanol–water partition coefficient (Wildman–Crippen LogP) is 0.937. The van der Waals surface area contributed by atoms with Gasteiger partial charge in [0, 0.05) is 13.6 Å². The quantitative estimate of drug-likeness (QED) is 0.348. The molecule has 0 radical (unpaired) electrons. The van der Waals surface area contributed by atoms with E-state index in [9.17, 15) is 8.42 Å². The lowest BCUT2D eigenvalue weighted by molar-refractivity contribution is 0.0992. The minimum atomic E-state index is -3.68. The number of aliphatic imine (C=N–C) groups is 1. The molecule has 2 heterocycles. The maximum Gasteiger partial charge on any atom is 0.238 e. The molecule has 3 rings (SSSR count). The Balaban J connectivity index is 0.00000208. The molecule has 2 bridgehead atoms. The lowest BCUT2D eigenvalue weighted by Crippen LogP contribution is -2.47. The molecular formula is C15H23IN4O3S. The van der Waals surface area contributed by atoms with Gasteiger partial charge in [-0.1, -0.05) is 12.1 Å². The average Bonchev–Trinajstić information content (AvgIpc) is 3.13. The normalized spacial score (nSPS) is 26.1. The molecule has 0 saturated carbocycles. The minimum absolute atomic E-state index is 0. The van der Waals surface area contributed by atoms with Crippen LogP contribution in [0.3, 0.4) is 0 Å². The van der Waals surface area contributed by atoms with Gasteiger partial charge in [-0.2, -0.15) is 0 Å². The summed E-state index contributed by atoms with van der Waals surface area (Å²) in [7, 11) is -1.97. The molecule has 134 valence electrons. The van der Waals surface area contributed by atoms with Crippen molar-refractivity contribution in [1.82, 2.24) is 10.6 Å². The van der Waals surface area contributed by atoms with E-state index in [-0.39, 0.29) is 41.0 Å². The highest BCUT2D eigenvalue weighted by molar-refractivity contribution is 14.0. The number of nitrogens with two attached hydrogens (primary N) is 1. The number of sulfonamides is 1. The standard InChI is InChI=1S/C15H22N4O3S.HI/c1-17-15(19-13-8-11-5-6-14(13)22-11)18-9-10-3-2-4-12(7-10)23(16,20)21;/h2-4,7,11,13-14H,5-6,8-9H2,1H3,(H2,16,20,21)(H2,17,18,19);1H. The number of nitrogens with zero attached hydrogens (tertiary/aromatic N) is 1. The van der Waals surface area contributed by atoms with Gasteiger partial charge in [0.25, 0.3) is 0 Å². The Kier molecular flexibility index (Phi) is 6.46. The number of rotatable bonds is 4. The second-order valence-electron chi connectivity index (χ2n) is 5.98. The van der Waals surface area contributed by atoms with Crippen molar-refractivity contribution >= 4 is 40.0 Å². The van der Waals surface area contributed by atoms with Crippen LogP contribution in [0.25, 0.3) is 0 Å². The monoisotopic (exact) mass is 466 g/mol. The van der Waals surface area contributed by atoms with Crippen molar-refractivity contribution in [2.24, 2.45) is 10.1 Å².